The Morgan fingerprint density at radius 1 is 0.850 bits per heavy atom. The lowest BCUT2D eigenvalue weighted by Gasteiger charge is -2.03. The Balaban J connectivity index is 2.05. The highest BCUT2D eigenvalue weighted by Crippen LogP contribution is 2.36. The van der Waals surface area contributed by atoms with Crippen molar-refractivity contribution in [1.82, 2.24) is 9.97 Å². The minimum atomic E-state index is 1.14. The molecular weight excluding hydrogens is 244 g/mol. The summed E-state index contributed by atoms with van der Waals surface area (Å²) in [6, 6.07) is 13.0. The van der Waals surface area contributed by atoms with Crippen LogP contribution in [0.2, 0.25) is 0 Å². The largest absolute Gasteiger partial charge is 0.354 e. The van der Waals surface area contributed by atoms with Crippen molar-refractivity contribution in [3.05, 3.63) is 53.7 Å². The molecule has 0 saturated carbocycles. The Hall–Kier alpha value is -2.48. The number of allylic oxidation sites excluding steroid dienone is 1. The maximum atomic E-state index is 3.63. The van der Waals surface area contributed by atoms with Crippen LogP contribution in [0.5, 0.6) is 0 Å². The van der Waals surface area contributed by atoms with Crippen molar-refractivity contribution in [1.29, 1.82) is 0 Å². The van der Waals surface area contributed by atoms with E-state index >= 15 is 0 Å². The summed E-state index contributed by atoms with van der Waals surface area (Å²) in [4.78, 5) is 7.14. The van der Waals surface area contributed by atoms with E-state index < -0.39 is 0 Å². The number of aromatic nitrogens is 2. The number of para-hydroxylation sites is 1. The zero-order chi connectivity index (χ0) is 13.1. The topological polar surface area (TPSA) is 31.6 Å². The number of H-pyrrole nitrogens is 2. The first-order chi connectivity index (χ1) is 9.92. The molecule has 2 nitrogen and oxygen atoms in total. The summed E-state index contributed by atoms with van der Waals surface area (Å²) >= 11 is 0. The summed E-state index contributed by atoms with van der Waals surface area (Å²) in [6.45, 7) is 0. The molecule has 2 aromatic heterocycles. The quantitative estimate of drug-likeness (QED) is 0.455. The number of hydrogen-bond donors (Lipinski definition) is 2. The summed E-state index contributed by atoms with van der Waals surface area (Å²) in [5.41, 5.74) is 6.44. The van der Waals surface area contributed by atoms with Gasteiger partial charge in [0.2, 0.25) is 0 Å². The van der Waals surface area contributed by atoms with Gasteiger partial charge in [0.05, 0.1) is 5.52 Å². The van der Waals surface area contributed by atoms with Gasteiger partial charge in [0, 0.05) is 32.9 Å². The molecule has 0 atom stereocenters. The van der Waals surface area contributed by atoms with Crippen LogP contribution in [-0.4, -0.2) is 9.97 Å². The van der Waals surface area contributed by atoms with Gasteiger partial charge in [0.15, 0.2) is 0 Å². The molecule has 0 unspecified atom stereocenters. The molecule has 0 amide bonds. The molecular formula is C18H14N2. The number of benzene rings is 2. The van der Waals surface area contributed by atoms with Gasteiger partial charge in [-0.25, -0.2) is 0 Å². The minimum absolute atomic E-state index is 1.14. The maximum absolute atomic E-state index is 3.63. The molecule has 0 bridgehead atoms. The summed E-state index contributed by atoms with van der Waals surface area (Å²) < 4.78 is 0. The van der Waals surface area contributed by atoms with Crippen LogP contribution in [0, 0.1) is 0 Å². The predicted molar refractivity (Wildman–Crippen MR) is 85.0 cm³/mol. The van der Waals surface area contributed by atoms with Crippen LogP contribution >= 0.6 is 0 Å². The van der Waals surface area contributed by atoms with Gasteiger partial charge in [0.1, 0.15) is 0 Å². The summed E-state index contributed by atoms with van der Waals surface area (Å²) in [6.07, 6.45) is 6.76. The Kier molecular flexibility index (Phi) is 1.83. The van der Waals surface area contributed by atoms with Gasteiger partial charge in [-0.15, -0.1) is 0 Å². The van der Waals surface area contributed by atoms with Gasteiger partial charge in [-0.1, -0.05) is 30.3 Å². The van der Waals surface area contributed by atoms with E-state index in [4.69, 9.17) is 0 Å². The van der Waals surface area contributed by atoms with Crippen molar-refractivity contribution in [2.45, 2.75) is 12.8 Å². The van der Waals surface area contributed by atoms with Crippen LogP contribution in [-0.2, 0) is 6.42 Å². The van der Waals surface area contributed by atoms with Crippen LogP contribution in [0.25, 0.3) is 38.8 Å². The third-order valence-corrected chi connectivity index (χ3v) is 4.43. The first-order valence-electron chi connectivity index (χ1n) is 7.12. The Morgan fingerprint density at radius 3 is 2.80 bits per heavy atom. The van der Waals surface area contributed by atoms with Crippen molar-refractivity contribution < 1.29 is 0 Å². The lowest BCUT2D eigenvalue weighted by Crippen LogP contribution is -1.89. The van der Waals surface area contributed by atoms with Gasteiger partial charge < -0.3 is 9.97 Å². The molecule has 96 valence electrons. The molecule has 20 heavy (non-hydrogen) atoms. The molecule has 2 heterocycles. The van der Waals surface area contributed by atoms with Gasteiger partial charge in [0.25, 0.3) is 0 Å². The first kappa shape index (κ1) is 10.3. The smallest absolute Gasteiger partial charge is 0.0563 e. The Bertz CT molecular complexity index is 998. The molecule has 0 fully saturated rings. The highest BCUT2D eigenvalue weighted by atomic mass is 14.8. The van der Waals surface area contributed by atoms with Crippen LogP contribution in [0.4, 0.5) is 0 Å². The monoisotopic (exact) mass is 258 g/mol. The van der Waals surface area contributed by atoms with Crippen LogP contribution in [0.15, 0.2) is 42.5 Å². The van der Waals surface area contributed by atoms with Crippen molar-refractivity contribution >= 4 is 38.8 Å². The van der Waals surface area contributed by atoms with Gasteiger partial charge >= 0.3 is 0 Å². The molecule has 1 aliphatic carbocycles. The van der Waals surface area contributed by atoms with Crippen LogP contribution in [0.3, 0.4) is 0 Å². The highest BCUT2D eigenvalue weighted by Gasteiger charge is 2.15. The van der Waals surface area contributed by atoms with Crippen molar-refractivity contribution in [3.8, 4) is 0 Å². The molecule has 1 aliphatic rings. The number of nitrogens with one attached hydrogen (secondary N) is 2. The highest BCUT2D eigenvalue weighted by molar-refractivity contribution is 6.19. The molecule has 0 saturated heterocycles. The van der Waals surface area contributed by atoms with E-state index in [2.05, 4.69) is 58.5 Å². The molecule has 0 aliphatic heterocycles. The van der Waals surface area contributed by atoms with E-state index in [-0.39, 0.29) is 0 Å². The zero-order valence-electron chi connectivity index (χ0n) is 11.0. The van der Waals surface area contributed by atoms with Gasteiger partial charge in [-0.2, -0.15) is 0 Å². The first-order valence-corrected chi connectivity index (χ1v) is 7.12. The van der Waals surface area contributed by atoms with E-state index in [0.717, 1.165) is 12.8 Å². The average Bonchev–Trinajstić information content (AvgIpc) is 3.04. The normalized spacial score (nSPS) is 14.4. The van der Waals surface area contributed by atoms with Gasteiger partial charge in [-0.05, 0) is 36.6 Å². The van der Waals surface area contributed by atoms with Crippen LogP contribution in [0.1, 0.15) is 17.7 Å². The predicted octanol–water partition coefficient (Wildman–Crippen LogP) is 4.76. The average molecular weight is 258 g/mol. The van der Waals surface area contributed by atoms with E-state index in [1.54, 1.807) is 0 Å². The number of hydrogen-bond acceptors (Lipinski definition) is 0. The molecule has 5 rings (SSSR count). The fourth-order valence-electron chi connectivity index (χ4n) is 3.52. The summed E-state index contributed by atoms with van der Waals surface area (Å²) in [5.74, 6) is 0. The SMILES string of the molecule is C1=Cc2[nH]c3c(ccc4[nH]c5ccccc5c43)c2CC1. The Morgan fingerprint density at radius 2 is 1.80 bits per heavy atom. The lowest BCUT2D eigenvalue weighted by molar-refractivity contribution is 0.992. The number of fused-ring (bicyclic) bond motifs is 7. The molecule has 2 aromatic carbocycles. The fourth-order valence-corrected chi connectivity index (χ4v) is 3.52. The molecule has 2 N–H and O–H groups in total. The second kappa shape index (κ2) is 3.54. The number of aryl methyl sites for hydroxylation is 1. The number of rotatable bonds is 0. The molecule has 0 radical (unpaired) electrons. The standard InChI is InChI=1S/C18H14N2/c1-3-7-14-11(5-1)12-9-10-16-17(18(12)20-14)13-6-2-4-8-15(13)19-16/h2-4,6-10,19-20H,1,5H2. The summed E-state index contributed by atoms with van der Waals surface area (Å²) in [5, 5.41) is 4.00. The second-order valence-electron chi connectivity index (χ2n) is 5.54. The van der Waals surface area contributed by atoms with Crippen LogP contribution < -0.4 is 0 Å². The number of aromatic amines is 2. The minimum Gasteiger partial charge on any atom is -0.354 e. The molecule has 0 spiro atoms. The third kappa shape index (κ3) is 1.19. The fraction of sp³-hybridized carbons (Fsp3) is 0.111. The summed E-state index contributed by atoms with van der Waals surface area (Å²) in [7, 11) is 0. The van der Waals surface area contributed by atoms with E-state index in [0.29, 0.717) is 0 Å². The third-order valence-electron chi connectivity index (χ3n) is 4.43. The lowest BCUT2D eigenvalue weighted by atomic mass is 10.00. The maximum Gasteiger partial charge on any atom is 0.0563 e. The Labute approximate surface area is 116 Å². The van der Waals surface area contributed by atoms with E-state index in [1.807, 2.05) is 0 Å². The zero-order valence-corrected chi connectivity index (χ0v) is 11.0. The second-order valence-corrected chi connectivity index (χ2v) is 5.54. The molecule has 2 heteroatoms. The van der Waals surface area contributed by atoms with E-state index in [9.17, 15) is 0 Å². The van der Waals surface area contributed by atoms with Crippen molar-refractivity contribution in [2.24, 2.45) is 0 Å². The van der Waals surface area contributed by atoms with E-state index in [1.165, 1.54) is 44.0 Å². The van der Waals surface area contributed by atoms with Gasteiger partial charge in [-0.3, -0.25) is 0 Å². The van der Waals surface area contributed by atoms with Crippen molar-refractivity contribution in [3.63, 3.8) is 0 Å². The van der Waals surface area contributed by atoms with Crippen molar-refractivity contribution in [2.75, 3.05) is 0 Å². The molecule has 4 aromatic rings.